The summed E-state index contributed by atoms with van der Waals surface area (Å²) in [4.78, 5) is 0. The van der Waals surface area contributed by atoms with Gasteiger partial charge in [0.2, 0.25) is 0 Å². The van der Waals surface area contributed by atoms with Crippen LogP contribution in [0.15, 0.2) is 18.2 Å². The predicted molar refractivity (Wildman–Crippen MR) is 71.1 cm³/mol. The molecule has 3 heteroatoms. The van der Waals surface area contributed by atoms with Crippen molar-refractivity contribution in [3.63, 3.8) is 0 Å². The minimum Gasteiger partial charge on any atom is -0.493 e. The van der Waals surface area contributed by atoms with Crippen molar-refractivity contribution >= 4 is 0 Å². The molecule has 3 rings (SSSR count). The van der Waals surface area contributed by atoms with E-state index in [2.05, 4.69) is 12.1 Å². The molecule has 2 fully saturated rings. The normalized spacial score (nSPS) is 21.2. The second kappa shape index (κ2) is 4.47. The van der Waals surface area contributed by atoms with Crippen molar-refractivity contribution in [2.75, 3.05) is 7.11 Å². The smallest absolute Gasteiger partial charge is 0.161 e. The molecule has 0 unspecified atom stereocenters. The highest BCUT2D eigenvalue weighted by Gasteiger charge is 2.38. The maximum atomic E-state index is 6.15. The topological polar surface area (TPSA) is 44.5 Å². The zero-order chi connectivity index (χ0) is 12.6. The SMILES string of the molecule is COc1cc(CC2(N)CC2)ccc1OC1CCC1. The molecular formula is C15H21NO2. The highest BCUT2D eigenvalue weighted by Crippen LogP contribution is 2.38. The molecule has 0 heterocycles. The molecule has 0 radical (unpaired) electrons. The van der Waals surface area contributed by atoms with Gasteiger partial charge in [-0.25, -0.2) is 0 Å². The summed E-state index contributed by atoms with van der Waals surface area (Å²) in [6.07, 6.45) is 7.20. The van der Waals surface area contributed by atoms with Crippen LogP contribution in [0.25, 0.3) is 0 Å². The van der Waals surface area contributed by atoms with Crippen LogP contribution >= 0.6 is 0 Å². The number of ether oxygens (including phenoxy) is 2. The third-order valence-electron chi connectivity index (χ3n) is 4.02. The van der Waals surface area contributed by atoms with Gasteiger partial charge < -0.3 is 15.2 Å². The van der Waals surface area contributed by atoms with Gasteiger partial charge in [0.25, 0.3) is 0 Å². The second-order valence-electron chi connectivity index (χ2n) is 5.70. The van der Waals surface area contributed by atoms with Gasteiger partial charge in [0.05, 0.1) is 13.2 Å². The summed E-state index contributed by atoms with van der Waals surface area (Å²) in [6.45, 7) is 0. The maximum Gasteiger partial charge on any atom is 0.161 e. The standard InChI is InChI=1S/C15H21NO2/c1-17-14-9-11(10-15(16)7-8-15)5-6-13(14)18-12-3-2-4-12/h5-6,9,12H,2-4,7-8,10,16H2,1H3. The first-order valence-corrected chi connectivity index (χ1v) is 6.81. The summed E-state index contributed by atoms with van der Waals surface area (Å²) in [6, 6.07) is 6.21. The fraction of sp³-hybridized carbons (Fsp3) is 0.600. The summed E-state index contributed by atoms with van der Waals surface area (Å²) in [7, 11) is 1.70. The van der Waals surface area contributed by atoms with Gasteiger partial charge in [0.1, 0.15) is 0 Å². The molecule has 98 valence electrons. The number of benzene rings is 1. The van der Waals surface area contributed by atoms with E-state index in [9.17, 15) is 0 Å². The van der Waals surface area contributed by atoms with Crippen molar-refractivity contribution in [1.82, 2.24) is 0 Å². The molecule has 0 amide bonds. The summed E-state index contributed by atoms with van der Waals surface area (Å²) < 4.78 is 11.3. The number of hydrogen-bond donors (Lipinski definition) is 1. The van der Waals surface area contributed by atoms with Crippen molar-refractivity contribution < 1.29 is 9.47 Å². The Morgan fingerprint density at radius 3 is 2.61 bits per heavy atom. The van der Waals surface area contributed by atoms with Crippen LogP contribution in [0.2, 0.25) is 0 Å². The van der Waals surface area contributed by atoms with Gasteiger partial charge in [-0.1, -0.05) is 6.07 Å². The Balaban J connectivity index is 1.73. The van der Waals surface area contributed by atoms with E-state index in [1.165, 1.54) is 12.0 Å². The summed E-state index contributed by atoms with van der Waals surface area (Å²) in [5, 5.41) is 0. The van der Waals surface area contributed by atoms with Crippen molar-refractivity contribution in [3.8, 4) is 11.5 Å². The van der Waals surface area contributed by atoms with Crippen LogP contribution < -0.4 is 15.2 Å². The second-order valence-corrected chi connectivity index (χ2v) is 5.70. The Bertz CT molecular complexity index is 436. The number of nitrogens with two attached hydrogens (primary N) is 1. The van der Waals surface area contributed by atoms with Gasteiger partial charge in [0, 0.05) is 5.54 Å². The third-order valence-corrected chi connectivity index (χ3v) is 4.02. The summed E-state index contributed by atoms with van der Waals surface area (Å²) >= 11 is 0. The zero-order valence-corrected chi connectivity index (χ0v) is 10.9. The summed E-state index contributed by atoms with van der Waals surface area (Å²) in [5.74, 6) is 1.71. The first-order valence-electron chi connectivity index (χ1n) is 6.81. The van der Waals surface area contributed by atoms with Crippen molar-refractivity contribution in [2.24, 2.45) is 5.73 Å². The van der Waals surface area contributed by atoms with E-state index in [1.54, 1.807) is 7.11 Å². The molecule has 3 nitrogen and oxygen atoms in total. The molecule has 2 aliphatic rings. The molecule has 2 saturated carbocycles. The lowest BCUT2D eigenvalue weighted by Gasteiger charge is -2.27. The maximum absolute atomic E-state index is 6.15. The van der Waals surface area contributed by atoms with E-state index in [0.717, 1.165) is 43.6 Å². The molecule has 2 N–H and O–H groups in total. The third kappa shape index (κ3) is 2.46. The zero-order valence-electron chi connectivity index (χ0n) is 10.9. The van der Waals surface area contributed by atoms with Crippen LogP contribution in [0.1, 0.15) is 37.7 Å². The quantitative estimate of drug-likeness (QED) is 0.870. The van der Waals surface area contributed by atoms with Crippen LogP contribution in [0.5, 0.6) is 11.5 Å². The number of hydrogen-bond acceptors (Lipinski definition) is 3. The predicted octanol–water partition coefficient (Wildman–Crippen LogP) is 2.66. The van der Waals surface area contributed by atoms with Crippen LogP contribution in [-0.4, -0.2) is 18.8 Å². The molecule has 0 aromatic heterocycles. The van der Waals surface area contributed by atoms with Crippen molar-refractivity contribution in [2.45, 2.75) is 50.2 Å². The molecule has 0 spiro atoms. The van der Waals surface area contributed by atoms with E-state index in [4.69, 9.17) is 15.2 Å². The van der Waals surface area contributed by atoms with E-state index >= 15 is 0 Å². The lowest BCUT2D eigenvalue weighted by Crippen LogP contribution is -2.25. The Morgan fingerprint density at radius 2 is 2.06 bits per heavy atom. The minimum absolute atomic E-state index is 0.0430. The average molecular weight is 247 g/mol. The van der Waals surface area contributed by atoms with E-state index in [1.807, 2.05) is 6.07 Å². The highest BCUT2D eigenvalue weighted by atomic mass is 16.5. The van der Waals surface area contributed by atoms with Gasteiger partial charge in [-0.3, -0.25) is 0 Å². The Labute approximate surface area is 108 Å². The molecule has 0 saturated heterocycles. The van der Waals surface area contributed by atoms with Crippen LogP contribution in [0.4, 0.5) is 0 Å². The fourth-order valence-electron chi connectivity index (χ4n) is 2.33. The Hall–Kier alpha value is -1.22. The lowest BCUT2D eigenvalue weighted by atomic mass is 9.96. The monoisotopic (exact) mass is 247 g/mol. The minimum atomic E-state index is 0.0430. The number of methoxy groups -OCH3 is 1. The lowest BCUT2D eigenvalue weighted by molar-refractivity contribution is 0.116. The molecule has 0 atom stereocenters. The van der Waals surface area contributed by atoms with Crippen LogP contribution in [0.3, 0.4) is 0 Å². The molecule has 0 aliphatic heterocycles. The molecule has 18 heavy (non-hydrogen) atoms. The Morgan fingerprint density at radius 1 is 1.28 bits per heavy atom. The van der Waals surface area contributed by atoms with Crippen LogP contribution in [0, 0.1) is 0 Å². The Kier molecular flexibility index (Phi) is 2.94. The molecule has 2 aliphatic carbocycles. The fourth-order valence-corrected chi connectivity index (χ4v) is 2.33. The van der Waals surface area contributed by atoms with E-state index in [0.29, 0.717) is 6.10 Å². The van der Waals surface area contributed by atoms with Gasteiger partial charge in [-0.15, -0.1) is 0 Å². The van der Waals surface area contributed by atoms with Crippen molar-refractivity contribution in [1.29, 1.82) is 0 Å². The van der Waals surface area contributed by atoms with E-state index in [-0.39, 0.29) is 5.54 Å². The van der Waals surface area contributed by atoms with Crippen molar-refractivity contribution in [3.05, 3.63) is 23.8 Å². The summed E-state index contributed by atoms with van der Waals surface area (Å²) in [5.41, 5.74) is 7.43. The van der Waals surface area contributed by atoms with Crippen LogP contribution in [-0.2, 0) is 6.42 Å². The van der Waals surface area contributed by atoms with E-state index < -0.39 is 0 Å². The largest absolute Gasteiger partial charge is 0.493 e. The molecule has 1 aromatic rings. The average Bonchev–Trinajstić information content (AvgIpc) is 3.02. The highest BCUT2D eigenvalue weighted by molar-refractivity contribution is 5.44. The van der Waals surface area contributed by atoms with Gasteiger partial charge in [-0.05, 0) is 56.2 Å². The van der Waals surface area contributed by atoms with Gasteiger partial charge >= 0.3 is 0 Å². The molecule has 1 aromatic carbocycles. The molecule has 0 bridgehead atoms. The first-order chi connectivity index (χ1) is 8.68. The number of rotatable bonds is 5. The first kappa shape index (κ1) is 11.8. The molecular weight excluding hydrogens is 226 g/mol. The van der Waals surface area contributed by atoms with Gasteiger partial charge in [-0.2, -0.15) is 0 Å². The van der Waals surface area contributed by atoms with Gasteiger partial charge in [0.15, 0.2) is 11.5 Å².